The molecular formula is C28H20N2O5. The second-order valence-corrected chi connectivity index (χ2v) is 8.23. The van der Waals surface area contributed by atoms with Gasteiger partial charge in [0.15, 0.2) is 6.10 Å². The van der Waals surface area contributed by atoms with Crippen molar-refractivity contribution in [3.63, 3.8) is 0 Å². The van der Waals surface area contributed by atoms with Gasteiger partial charge in [0.1, 0.15) is 0 Å². The Morgan fingerprint density at radius 3 is 2.14 bits per heavy atom. The average Bonchev–Trinajstić information content (AvgIpc) is 3.15. The van der Waals surface area contributed by atoms with Crippen molar-refractivity contribution in [1.82, 2.24) is 4.98 Å². The Morgan fingerprint density at radius 2 is 1.43 bits per heavy atom. The van der Waals surface area contributed by atoms with Crippen LogP contribution in [0.5, 0.6) is 0 Å². The van der Waals surface area contributed by atoms with Crippen LogP contribution < -0.4 is 4.90 Å². The number of ether oxygens (including phenoxy) is 1. The lowest BCUT2D eigenvalue weighted by Crippen LogP contribution is -2.29. The highest BCUT2D eigenvalue weighted by atomic mass is 16.5. The molecule has 0 N–H and O–H groups in total. The number of ketones is 1. The normalized spacial score (nSPS) is 13.6. The molecule has 3 aromatic carbocycles. The first-order valence-electron chi connectivity index (χ1n) is 11.0. The van der Waals surface area contributed by atoms with E-state index in [-0.39, 0.29) is 16.9 Å². The first-order chi connectivity index (χ1) is 16.9. The highest BCUT2D eigenvalue weighted by molar-refractivity contribution is 6.37. The Bertz CT molecular complexity index is 1510. The molecule has 1 aliphatic heterocycles. The lowest BCUT2D eigenvalue weighted by atomic mass is 10.0. The van der Waals surface area contributed by atoms with Crippen molar-refractivity contribution >= 4 is 40.2 Å². The molecule has 0 spiro atoms. The number of pyridine rings is 1. The molecule has 1 aliphatic rings. The zero-order valence-corrected chi connectivity index (χ0v) is 19.0. The van der Waals surface area contributed by atoms with Gasteiger partial charge in [0.05, 0.1) is 33.6 Å². The summed E-state index contributed by atoms with van der Waals surface area (Å²) in [5, 5.41) is 0.617. The second kappa shape index (κ2) is 8.61. The number of imide groups is 1. The molecule has 172 valence electrons. The van der Waals surface area contributed by atoms with Crippen LogP contribution in [0.25, 0.3) is 10.9 Å². The highest BCUT2D eigenvalue weighted by Crippen LogP contribution is 2.34. The Balaban J connectivity index is 1.38. The molecule has 0 fully saturated rings. The predicted octanol–water partition coefficient (Wildman–Crippen LogP) is 4.77. The molecule has 7 heteroatoms. The molecule has 1 atom stereocenters. The maximum atomic E-state index is 13.3. The van der Waals surface area contributed by atoms with Gasteiger partial charge >= 0.3 is 5.97 Å². The third-order valence-corrected chi connectivity index (χ3v) is 5.98. The third kappa shape index (κ3) is 3.77. The van der Waals surface area contributed by atoms with E-state index in [1.165, 1.54) is 31.2 Å². The maximum Gasteiger partial charge on any atom is 0.338 e. The number of nitrogens with zero attached hydrogens (tertiary/aromatic N) is 2. The summed E-state index contributed by atoms with van der Waals surface area (Å²) in [6.07, 6.45) is -0.968. The van der Waals surface area contributed by atoms with Crippen molar-refractivity contribution < 1.29 is 23.9 Å². The zero-order chi connectivity index (χ0) is 24.7. The van der Waals surface area contributed by atoms with E-state index in [1.54, 1.807) is 55.5 Å². The summed E-state index contributed by atoms with van der Waals surface area (Å²) in [6.45, 7) is 3.22. The number of esters is 1. The van der Waals surface area contributed by atoms with Gasteiger partial charge in [-0.1, -0.05) is 48.5 Å². The number of fused-ring (bicyclic) bond motifs is 3. The van der Waals surface area contributed by atoms with Gasteiger partial charge in [-0.25, -0.2) is 9.69 Å². The van der Waals surface area contributed by atoms with Crippen LogP contribution in [-0.2, 0) is 4.74 Å². The monoisotopic (exact) mass is 464 g/mol. The summed E-state index contributed by atoms with van der Waals surface area (Å²) in [4.78, 5) is 57.1. The molecule has 0 saturated heterocycles. The largest absolute Gasteiger partial charge is 0.451 e. The van der Waals surface area contributed by atoms with Crippen molar-refractivity contribution in [2.45, 2.75) is 20.0 Å². The minimum atomic E-state index is -0.968. The third-order valence-electron chi connectivity index (χ3n) is 5.98. The molecule has 0 aliphatic carbocycles. The number of amides is 2. The summed E-state index contributed by atoms with van der Waals surface area (Å²) in [5.74, 6) is -1.89. The number of carbonyl (C=O) groups excluding carboxylic acids is 4. The Kier molecular flexibility index (Phi) is 5.45. The number of anilines is 1. The number of rotatable bonds is 5. The number of benzene rings is 3. The number of para-hydroxylation sites is 1. The van der Waals surface area contributed by atoms with E-state index in [0.29, 0.717) is 33.4 Å². The van der Waals surface area contributed by atoms with Crippen LogP contribution in [0.2, 0.25) is 0 Å². The van der Waals surface area contributed by atoms with Crippen LogP contribution in [0.4, 0.5) is 5.69 Å². The van der Waals surface area contributed by atoms with Crippen molar-refractivity contribution in [3.8, 4) is 0 Å². The number of Topliss-reactive ketones (excluding diaryl/α,β-unsaturated/α-hetero) is 1. The van der Waals surface area contributed by atoms with Crippen LogP contribution in [-0.4, -0.2) is 34.7 Å². The summed E-state index contributed by atoms with van der Waals surface area (Å²) in [5.41, 5.74) is 2.71. The SMILES string of the molecule is Cc1nc2ccccc2c2c1C(=O)N(c1ccc(C(=O)O[C@H](C)C(=O)c3ccccc3)cc1)C2=O. The first-order valence-corrected chi connectivity index (χ1v) is 11.0. The number of carbonyl (C=O) groups is 4. The van der Waals surface area contributed by atoms with Crippen LogP contribution in [0.15, 0.2) is 78.9 Å². The topological polar surface area (TPSA) is 93.6 Å². The van der Waals surface area contributed by atoms with Gasteiger partial charge in [0.25, 0.3) is 11.8 Å². The van der Waals surface area contributed by atoms with Gasteiger partial charge in [0.2, 0.25) is 5.78 Å². The van der Waals surface area contributed by atoms with Gasteiger partial charge in [-0.3, -0.25) is 19.4 Å². The number of aromatic nitrogens is 1. The van der Waals surface area contributed by atoms with E-state index < -0.39 is 23.9 Å². The molecule has 1 aromatic heterocycles. The van der Waals surface area contributed by atoms with Crippen LogP contribution in [0.1, 0.15) is 54.0 Å². The van der Waals surface area contributed by atoms with Crippen molar-refractivity contribution in [1.29, 1.82) is 0 Å². The fourth-order valence-electron chi connectivity index (χ4n) is 4.23. The lowest BCUT2D eigenvalue weighted by Gasteiger charge is -2.15. The highest BCUT2D eigenvalue weighted by Gasteiger charge is 2.40. The van der Waals surface area contributed by atoms with E-state index >= 15 is 0 Å². The van der Waals surface area contributed by atoms with Gasteiger partial charge in [-0.2, -0.15) is 0 Å². The van der Waals surface area contributed by atoms with Gasteiger partial charge < -0.3 is 4.74 Å². The summed E-state index contributed by atoms with van der Waals surface area (Å²) < 4.78 is 5.33. The van der Waals surface area contributed by atoms with Crippen LogP contribution >= 0.6 is 0 Å². The first kappa shape index (κ1) is 22.2. The van der Waals surface area contributed by atoms with Gasteiger partial charge in [0, 0.05) is 10.9 Å². The van der Waals surface area contributed by atoms with Crippen molar-refractivity contribution in [2.24, 2.45) is 0 Å². The molecule has 4 aromatic rings. The average molecular weight is 464 g/mol. The second-order valence-electron chi connectivity index (χ2n) is 8.23. The van der Waals surface area contributed by atoms with Gasteiger partial charge in [-0.05, 0) is 44.2 Å². The number of hydrogen-bond donors (Lipinski definition) is 0. The predicted molar refractivity (Wildman–Crippen MR) is 130 cm³/mol. The summed E-state index contributed by atoms with van der Waals surface area (Å²) >= 11 is 0. The molecule has 2 heterocycles. The van der Waals surface area contributed by atoms with Crippen molar-refractivity contribution in [2.75, 3.05) is 4.90 Å². The van der Waals surface area contributed by atoms with E-state index in [2.05, 4.69) is 4.98 Å². The Labute approximate surface area is 201 Å². The summed E-state index contributed by atoms with van der Waals surface area (Å²) in [7, 11) is 0. The molecule has 2 amide bonds. The number of hydrogen-bond acceptors (Lipinski definition) is 6. The summed E-state index contributed by atoms with van der Waals surface area (Å²) in [6, 6.07) is 21.7. The minimum absolute atomic E-state index is 0.196. The Hall–Kier alpha value is -4.65. The van der Waals surface area contributed by atoms with Crippen LogP contribution in [0.3, 0.4) is 0 Å². The molecular weight excluding hydrogens is 444 g/mol. The molecule has 0 unspecified atom stereocenters. The molecule has 7 nitrogen and oxygen atoms in total. The van der Waals surface area contributed by atoms with Crippen molar-refractivity contribution in [3.05, 3.63) is 107 Å². The smallest absolute Gasteiger partial charge is 0.338 e. The van der Waals surface area contributed by atoms with Gasteiger partial charge in [-0.15, -0.1) is 0 Å². The lowest BCUT2D eigenvalue weighted by molar-refractivity contribution is 0.0319. The fraction of sp³-hybridized carbons (Fsp3) is 0.107. The fourth-order valence-corrected chi connectivity index (χ4v) is 4.23. The molecule has 0 saturated carbocycles. The minimum Gasteiger partial charge on any atom is -0.451 e. The Morgan fingerprint density at radius 1 is 0.800 bits per heavy atom. The maximum absolute atomic E-state index is 13.3. The standard InChI is InChI=1S/C28H20N2O5/c1-16-23-24(21-10-6-7-11-22(21)29-16)27(33)30(26(23)32)20-14-12-19(13-15-20)28(34)35-17(2)25(31)18-8-4-3-5-9-18/h3-15,17H,1-2H3/t17-/m1/s1. The van der Waals surface area contributed by atoms with E-state index in [1.807, 2.05) is 6.07 Å². The molecule has 35 heavy (non-hydrogen) atoms. The van der Waals surface area contributed by atoms with E-state index in [9.17, 15) is 19.2 Å². The van der Waals surface area contributed by atoms with Crippen LogP contribution in [0, 0.1) is 6.92 Å². The van der Waals surface area contributed by atoms with E-state index in [4.69, 9.17) is 4.74 Å². The molecule has 5 rings (SSSR count). The van der Waals surface area contributed by atoms with E-state index in [0.717, 1.165) is 4.90 Å². The molecule has 0 radical (unpaired) electrons. The zero-order valence-electron chi connectivity index (χ0n) is 19.0. The quantitative estimate of drug-likeness (QED) is 0.240. The number of aryl methyl sites for hydroxylation is 1. The molecule has 0 bridgehead atoms.